The molecule has 0 spiro atoms. The third kappa shape index (κ3) is 14.4. The number of carbonyl (C=O) groups is 1. The van der Waals surface area contributed by atoms with Gasteiger partial charge in [0.15, 0.2) is 0 Å². The van der Waals surface area contributed by atoms with E-state index in [1.165, 1.54) is 116 Å². The lowest BCUT2D eigenvalue weighted by atomic mass is 9.47. The van der Waals surface area contributed by atoms with Crippen molar-refractivity contribution in [2.24, 2.45) is 46.3 Å². The van der Waals surface area contributed by atoms with Gasteiger partial charge in [-0.1, -0.05) is 227 Å². The predicted molar refractivity (Wildman–Crippen MR) is 297 cm³/mol. The van der Waals surface area contributed by atoms with E-state index in [9.17, 15) is 4.79 Å². The summed E-state index contributed by atoms with van der Waals surface area (Å²) < 4.78 is 20.7. The highest BCUT2D eigenvalue weighted by Crippen LogP contribution is 2.67. The molecular weight excluding hydrogens is 869 g/mol. The van der Waals surface area contributed by atoms with Crippen LogP contribution in [-0.2, 0) is 24.6 Å². The van der Waals surface area contributed by atoms with Gasteiger partial charge in [0.1, 0.15) is 11.7 Å². The van der Waals surface area contributed by atoms with E-state index in [0.29, 0.717) is 18.4 Å². The molecule has 4 aliphatic rings. The Morgan fingerprint density at radius 3 is 1.86 bits per heavy atom. The first-order chi connectivity index (χ1) is 34.6. The van der Waals surface area contributed by atoms with Gasteiger partial charge in [-0.15, -0.1) is 0 Å². The number of fused-ring (bicyclic) bond motifs is 5. The van der Waals surface area contributed by atoms with Crippen LogP contribution in [0.4, 0.5) is 0 Å². The Kier molecular flexibility index (Phi) is 21.6. The molecule has 4 nitrogen and oxygen atoms in total. The van der Waals surface area contributed by atoms with Gasteiger partial charge in [-0.2, -0.15) is 0 Å². The predicted octanol–water partition coefficient (Wildman–Crippen LogP) is 18.4. The molecule has 0 N–H and O–H groups in total. The van der Waals surface area contributed by atoms with Crippen molar-refractivity contribution >= 4 is 5.97 Å². The van der Waals surface area contributed by atoms with E-state index in [1.54, 1.807) is 5.57 Å². The molecule has 0 bridgehead atoms. The van der Waals surface area contributed by atoms with Crippen LogP contribution >= 0.6 is 0 Å². The molecule has 4 aliphatic carbocycles. The van der Waals surface area contributed by atoms with Crippen LogP contribution in [0.2, 0.25) is 0 Å². The van der Waals surface area contributed by atoms with Gasteiger partial charge in [0, 0.05) is 6.42 Å². The summed E-state index contributed by atoms with van der Waals surface area (Å²) in [4.78, 5) is 13.8. The summed E-state index contributed by atoms with van der Waals surface area (Å²) in [6.45, 7) is 15.5. The van der Waals surface area contributed by atoms with Crippen molar-refractivity contribution in [2.45, 2.75) is 220 Å². The lowest BCUT2D eigenvalue weighted by Gasteiger charge is -2.58. The maximum absolute atomic E-state index is 13.8. The molecule has 0 radical (unpaired) electrons. The van der Waals surface area contributed by atoms with Crippen molar-refractivity contribution < 1.29 is 19.0 Å². The zero-order valence-corrected chi connectivity index (χ0v) is 45.7. The Morgan fingerprint density at radius 1 is 0.662 bits per heavy atom. The van der Waals surface area contributed by atoms with E-state index in [2.05, 4.69) is 151 Å². The molecule has 71 heavy (non-hydrogen) atoms. The molecular formula is C67H98O4. The van der Waals surface area contributed by atoms with Crippen molar-refractivity contribution in [3.05, 3.63) is 131 Å². The Balaban J connectivity index is 0.978. The van der Waals surface area contributed by atoms with E-state index in [4.69, 9.17) is 14.2 Å². The average Bonchev–Trinajstić information content (AvgIpc) is 3.75. The molecule has 3 saturated carbocycles. The minimum absolute atomic E-state index is 0.107. The second kappa shape index (κ2) is 27.7. The smallest absolute Gasteiger partial charge is 0.306 e. The molecule has 4 heteroatoms. The fourth-order valence-corrected chi connectivity index (χ4v) is 14.7. The van der Waals surface area contributed by atoms with Crippen LogP contribution in [0.15, 0.2) is 115 Å². The number of ether oxygens (including phenoxy) is 3. The molecule has 0 amide bonds. The number of esters is 1. The van der Waals surface area contributed by atoms with E-state index in [-0.39, 0.29) is 24.1 Å². The number of benzene rings is 3. The van der Waals surface area contributed by atoms with E-state index in [0.717, 1.165) is 90.7 Å². The molecule has 0 aromatic heterocycles. The van der Waals surface area contributed by atoms with Gasteiger partial charge in [-0.25, -0.2) is 0 Å². The van der Waals surface area contributed by atoms with Crippen LogP contribution in [-0.4, -0.2) is 31.4 Å². The lowest BCUT2D eigenvalue weighted by molar-refractivity contribution is -0.162. The Hall–Kier alpha value is -3.47. The van der Waals surface area contributed by atoms with Gasteiger partial charge < -0.3 is 14.2 Å². The Morgan fingerprint density at radius 2 is 1.25 bits per heavy atom. The molecule has 3 aromatic rings. The highest BCUT2D eigenvalue weighted by molar-refractivity contribution is 5.69. The quantitative estimate of drug-likeness (QED) is 0.0289. The summed E-state index contributed by atoms with van der Waals surface area (Å²) in [5.74, 6) is 4.83. The number of rotatable bonds is 30. The minimum atomic E-state index is -0.908. The van der Waals surface area contributed by atoms with Gasteiger partial charge in [-0.05, 0) is 146 Å². The van der Waals surface area contributed by atoms with Crippen molar-refractivity contribution in [3.8, 4) is 0 Å². The van der Waals surface area contributed by atoms with Crippen LogP contribution in [0, 0.1) is 46.3 Å². The monoisotopic (exact) mass is 967 g/mol. The fraction of sp³-hybridized carbons (Fsp3) is 0.657. The fourth-order valence-electron chi connectivity index (χ4n) is 14.7. The van der Waals surface area contributed by atoms with Gasteiger partial charge in [0.05, 0.1) is 19.3 Å². The maximum Gasteiger partial charge on any atom is 0.306 e. The second-order valence-corrected chi connectivity index (χ2v) is 24.0. The molecule has 7 rings (SSSR count). The van der Waals surface area contributed by atoms with Crippen LogP contribution in [0.1, 0.15) is 219 Å². The summed E-state index contributed by atoms with van der Waals surface area (Å²) >= 11 is 0. The standard InChI is InChI=1S/C67H98O4/c1-7-8-9-10-11-12-13-14-15-16-17-18-19-20-30-40-64(68)71-59(51-70-67(54-34-24-21-25-35-54,55-36-26-22-27-37-55)56-38-28-23-29-39-56)50-69-58-45-47-65(5)57(49-58)41-42-60-62-44-43-61(53(4)33-31-32-52(2)3)66(62,6)48-46-63(60)65/h14-15,21-29,34-39,41,52-53,58-63H,7-13,16-20,30-33,40,42-51H2,1-6H3/b15-14-/t53-,58+,59?,60+,61-,62+,63+,65+,66-/m1/s1. The highest BCUT2D eigenvalue weighted by Gasteiger charge is 2.59. The second-order valence-electron chi connectivity index (χ2n) is 24.0. The van der Waals surface area contributed by atoms with Crippen LogP contribution in [0.25, 0.3) is 0 Å². The Bertz CT molecular complexity index is 1940. The first-order valence-corrected chi connectivity index (χ1v) is 29.5. The van der Waals surface area contributed by atoms with Crippen molar-refractivity contribution in [3.63, 3.8) is 0 Å². The zero-order chi connectivity index (χ0) is 49.9. The average molecular weight is 968 g/mol. The van der Waals surface area contributed by atoms with E-state index >= 15 is 0 Å². The van der Waals surface area contributed by atoms with Crippen LogP contribution in [0.3, 0.4) is 0 Å². The third-order valence-electron chi connectivity index (χ3n) is 18.7. The largest absolute Gasteiger partial charge is 0.457 e. The Labute approximate surface area is 434 Å². The van der Waals surface area contributed by atoms with Gasteiger partial charge in [-0.3, -0.25) is 4.79 Å². The van der Waals surface area contributed by atoms with Crippen LogP contribution < -0.4 is 0 Å². The summed E-state index contributed by atoms with van der Waals surface area (Å²) in [7, 11) is 0. The number of hydrogen-bond acceptors (Lipinski definition) is 4. The first-order valence-electron chi connectivity index (χ1n) is 29.5. The topological polar surface area (TPSA) is 44.8 Å². The van der Waals surface area contributed by atoms with Crippen molar-refractivity contribution in [2.75, 3.05) is 13.2 Å². The molecule has 3 fully saturated rings. The number of unbranched alkanes of at least 4 members (excludes halogenated alkanes) is 11. The lowest BCUT2D eigenvalue weighted by Crippen LogP contribution is -2.51. The van der Waals surface area contributed by atoms with Gasteiger partial charge >= 0.3 is 5.97 Å². The molecule has 0 aliphatic heterocycles. The molecule has 3 aromatic carbocycles. The SMILES string of the molecule is CCCCCCCC/C=C\CCCCCCCC(=O)OC(CO[C@H]1CC[C@@]2(C)C(=CC[C@H]3[C@@H]4CC[C@H]([C@H](C)CCCC(C)C)[C@@]4(C)CC[C@@H]32)C1)COC(c1ccccc1)(c1ccccc1)c1ccccc1. The number of hydrogen-bond donors (Lipinski definition) is 0. The maximum atomic E-state index is 13.8. The number of carbonyl (C=O) groups excluding carboxylic acids is 1. The normalized spacial score (nSPS) is 26.1. The summed E-state index contributed by atoms with van der Waals surface area (Å²) in [6.07, 6.45) is 37.7. The van der Waals surface area contributed by atoms with E-state index < -0.39 is 11.7 Å². The zero-order valence-electron chi connectivity index (χ0n) is 45.7. The summed E-state index contributed by atoms with van der Waals surface area (Å²) in [6, 6.07) is 31.6. The summed E-state index contributed by atoms with van der Waals surface area (Å²) in [5, 5.41) is 0. The van der Waals surface area contributed by atoms with Gasteiger partial charge in [0.25, 0.3) is 0 Å². The third-order valence-corrected chi connectivity index (χ3v) is 18.7. The molecule has 9 atom stereocenters. The summed E-state index contributed by atoms with van der Waals surface area (Å²) in [5.41, 5.74) is 4.60. The minimum Gasteiger partial charge on any atom is -0.457 e. The van der Waals surface area contributed by atoms with Crippen molar-refractivity contribution in [1.82, 2.24) is 0 Å². The van der Waals surface area contributed by atoms with E-state index in [1.807, 2.05) is 0 Å². The molecule has 1 unspecified atom stereocenters. The van der Waals surface area contributed by atoms with Crippen molar-refractivity contribution in [1.29, 1.82) is 0 Å². The highest BCUT2D eigenvalue weighted by atomic mass is 16.6. The first kappa shape index (κ1) is 55.3. The molecule has 0 heterocycles. The molecule has 390 valence electrons. The number of allylic oxidation sites excluding steroid dienone is 3. The molecule has 0 saturated heterocycles. The van der Waals surface area contributed by atoms with Gasteiger partial charge in [0.2, 0.25) is 0 Å². The van der Waals surface area contributed by atoms with Crippen LogP contribution in [0.5, 0.6) is 0 Å².